The summed E-state index contributed by atoms with van der Waals surface area (Å²) in [6, 6.07) is 4.65. The minimum atomic E-state index is -0.719. The van der Waals surface area contributed by atoms with E-state index in [1.54, 1.807) is 0 Å². The second kappa shape index (κ2) is 5.83. The van der Waals surface area contributed by atoms with Gasteiger partial charge in [-0.2, -0.15) is 0 Å². The SMILES string of the molecule is Fc1ccc(C2(C3CCCCC3)CCCCC2)cc1F. The van der Waals surface area contributed by atoms with Gasteiger partial charge >= 0.3 is 0 Å². The van der Waals surface area contributed by atoms with Crippen molar-refractivity contribution in [3.05, 3.63) is 35.4 Å². The monoisotopic (exact) mass is 278 g/mol. The first kappa shape index (κ1) is 14.0. The molecule has 0 unspecified atom stereocenters. The Labute approximate surface area is 120 Å². The van der Waals surface area contributed by atoms with Crippen molar-refractivity contribution in [3.63, 3.8) is 0 Å². The summed E-state index contributed by atoms with van der Waals surface area (Å²) in [4.78, 5) is 0. The van der Waals surface area contributed by atoms with Crippen molar-refractivity contribution in [2.24, 2.45) is 5.92 Å². The molecule has 3 rings (SSSR count). The first-order valence-corrected chi connectivity index (χ1v) is 8.18. The van der Waals surface area contributed by atoms with E-state index in [9.17, 15) is 8.78 Å². The molecule has 2 saturated carbocycles. The number of halogens is 2. The number of benzene rings is 1. The molecule has 0 spiro atoms. The molecule has 0 heterocycles. The third kappa shape index (κ3) is 2.49. The molecule has 1 aromatic carbocycles. The molecule has 2 fully saturated rings. The highest BCUT2D eigenvalue weighted by molar-refractivity contribution is 5.29. The molecule has 0 radical (unpaired) electrons. The highest BCUT2D eigenvalue weighted by Gasteiger charge is 2.41. The predicted octanol–water partition coefficient (Wildman–Crippen LogP) is 5.75. The van der Waals surface area contributed by atoms with Gasteiger partial charge in [-0.15, -0.1) is 0 Å². The molecule has 0 aromatic heterocycles. The van der Waals surface area contributed by atoms with Gasteiger partial charge in [0.05, 0.1) is 0 Å². The largest absolute Gasteiger partial charge is 0.204 e. The van der Waals surface area contributed by atoms with Crippen molar-refractivity contribution in [1.29, 1.82) is 0 Å². The minimum Gasteiger partial charge on any atom is -0.204 e. The molecule has 20 heavy (non-hydrogen) atoms. The normalized spacial score (nSPS) is 23.7. The van der Waals surface area contributed by atoms with Crippen LogP contribution in [0.1, 0.15) is 69.8 Å². The third-order valence-corrected chi connectivity index (χ3v) is 5.63. The summed E-state index contributed by atoms with van der Waals surface area (Å²) in [7, 11) is 0. The van der Waals surface area contributed by atoms with Crippen LogP contribution in [0.2, 0.25) is 0 Å². The van der Waals surface area contributed by atoms with Crippen molar-refractivity contribution in [1.82, 2.24) is 0 Å². The molecule has 0 saturated heterocycles. The second-order valence-electron chi connectivity index (χ2n) is 6.68. The Morgan fingerprint density at radius 2 is 1.45 bits per heavy atom. The third-order valence-electron chi connectivity index (χ3n) is 5.63. The summed E-state index contributed by atoms with van der Waals surface area (Å²) in [5, 5.41) is 0. The van der Waals surface area contributed by atoms with Gasteiger partial charge in [0, 0.05) is 0 Å². The Morgan fingerprint density at radius 1 is 0.800 bits per heavy atom. The molecular weight excluding hydrogens is 254 g/mol. The van der Waals surface area contributed by atoms with E-state index in [-0.39, 0.29) is 5.41 Å². The maximum absolute atomic E-state index is 13.7. The number of hydrogen-bond donors (Lipinski definition) is 0. The maximum Gasteiger partial charge on any atom is 0.159 e. The van der Waals surface area contributed by atoms with Crippen LogP contribution in [0.5, 0.6) is 0 Å². The predicted molar refractivity (Wildman–Crippen MR) is 77.7 cm³/mol. The fourth-order valence-electron chi connectivity index (χ4n) is 4.58. The van der Waals surface area contributed by atoms with Crippen molar-refractivity contribution >= 4 is 0 Å². The number of rotatable bonds is 2. The first-order valence-electron chi connectivity index (χ1n) is 8.18. The Kier molecular flexibility index (Phi) is 4.09. The summed E-state index contributed by atoms with van der Waals surface area (Å²) >= 11 is 0. The zero-order chi connectivity index (χ0) is 14.0. The van der Waals surface area contributed by atoms with Crippen molar-refractivity contribution in [2.45, 2.75) is 69.6 Å². The van der Waals surface area contributed by atoms with Gasteiger partial charge in [0.25, 0.3) is 0 Å². The van der Waals surface area contributed by atoms with Crippen LogP contribution < -0.4 is 0 Å². The lowest BCUT2D eigenvalue weighted by Gasteiger charge is -2.46. The Morgan fingerprint density at radius 3 is 2.10 bits per heavy atom. The highest BCUT2D eigenvalue weighted by Crippen LogP contribution is 2.50. The van der Waals surface area contributed by atoms with Crippen LogP contribution in [0.25, 0.3) is 0 Å². The summed E-state index contributed by atoms with van der Waals surface area (Å²) in [5.41, 5.74) is 1.18. The van der Waals surface area contributed by atoms with Gasteiger partial charge in [0.1, 0.15) is 0 Å². The summed E-state index contributed by atoms with van der Waals surface area (Å²) in [5.74, 6) is -0.729. The number of hydrogen-bond acceptors (Lipinski definition) is 0. The fourth-order valence-corrected chi connectivity index (χ4v) is 4.58. The van der Waals surface area contributed by atoms with Crippen LogP contribution in [-0.2, 0) is 5.41 Å². The standard InChI is InChI=1S/C18H24F2/c19-16-10-9-15(13-17(16)20)18(11-5-2-6-12-18)14-7-3-1-4-8-14/h9-10,13-14H,1-8,11-12H2. The Hall–Kier alpha value is -0.920. The van der Waals surface area contributed by atoms with Crippen molar-refractivity contribution in [3.8, 4) is 0 Å². The average Bonchev–Trinajstić information content (AvgIpc) is 2.51. The second-order valence-corrected chi connectivity index (χ2v) is 6.68. The summed E-state index contributed by atoms with van der Waals surface area (Å²) in [6.45, 7) is 0. The van der Waals surface area contributed by atoms with Gasteiger partial charge < -0.3 is 0 Å². The van der Waals surface area contributed by atoms with Crippen LogP contribution >= 0.6 is 0 Å². The van der Waals surface area contributed by atoms with E-state index in [0.29, 0.717) is 5.92 Å². The fraction of sp³-hybridized carbons (Fsp3) is 0.667. The van der Waals surface area contributed by atoms with Crippen molar-refractivity contribution < 1.29 is 8.78 Å². The zero-order valence-electron chi connectivity index (χ0n) is 12.1. The maximum atomic E-state index is 13.7. The van der Waals surface area contributed by atoms with E-state index in [1.165, 1.54) is 63.5 Å². The smallest absolute Gasteiger partial charge is 0.159 e. The quantitative estimate of drug-likeness (QED) is 0.646. The first-order chi connectivity index (χ1) is 9.72. The van der Waals surface area contributed by atoms with E-state index in [4.69, 9.17) is 0 Å². The van der Waals surface area contributed by atoms with Crippen LogP contribution in [0, 0.1) is 17.6 Å². The van der Waals surface area contributed by atoms with Crippen LogP contribution in [-0.4, -0.2) is 0 Å². The average molecular weight is 278 g/mol. The molecule has 0 amide bonds. The molecule has 0 bridgehead atoms. The van der Waals surface area contributed by atoms with E-state index >= 15 is 0 Å². The molecule has 2 aliphatic rings. The highest BCUT2D eigenvalue weighted by atomic mass is 19.2. The summed E-state index contributed by atoms with van der Waals surface area (Å²) < 4.78 is 27.0. The van der Waals surface area contributed by atoms with Gasteiger partial charge in [-0.3, -0.25) is 0 Å². The lowest BCUT2D eigenvalue weighted by Crippen LogP contribution is -2.38. The van der Waals surface area contributed by atoms with E-state index in [0.717, 1.165) is 18.4 Å². The Bertz CT molecular complexity index is 454. The molecule has 2 aliphatic carbocycles. The van der Waals surface area contributed by atoms with Crippen LogP contribution in [0.4, 0.5) is 8.78 Å². The minimum absolute atomic E-state index is 0.118. The molecule has 0 atom stereocenters. The molecule has 2 heteroatoms. The lowest BCUT2D eigenvalue weighted by molar-refractivity contribution is 0.147. The summed E-state index contributed by atoms with van der Waals surface area (Å²) in [6.07, 6.45) is 12.5. The lowest BCUT2D eigenvalue weighted by atomic mass is 9.58. The molecule has 0 aliphatic heterocycles. The molecule has 1 aromatic rings. The molecular formula is C18H24F2. The molecule has 0 N–H and O–H groups in total. The van der Waals surface area contributed by atoms with Gasteiger partial charge in [0.2, 0.25) is 0 Å². The van der Waals surface area contributed by atoms with Gasteiger partial charge in [0.15, 0.2) is 11.6 Å². The Balaban J connectivity index is 1.97. The molecule has 0 nitrogen and oxygen atoms in total. The topological polar surface area (TPSA) is 0 Å². The van der Waals surface area contributed by atoms with E-state index in [1.807, 2.05) is 6.07 Å². The van der Waals surface area contributed by atoms with Crippen LogP contribution in [0.15, 0.2) is 18.2 Å². The zero-order valence-corrected chi connectivity index (χ0v) is 12.1. The van der Waals surface area contributed by atoms with Gasteiger partial charge in [-0.05, 0) is 54.7 Å². The van der Waals surface area contributed by atoms with Crippen molar-refractivity contribution in [2.75, 3.05) is 0 Å². The molecule has 110 valence electrons. The van der Waals surface area contributed by atoms with E-state index < -0.39 is 11.6 Å². The van der Waals surface area contributed by atoms with E-state index in [2.05, 4.69) is 0 Å². The van der Waals surface area contributed by atoms with Gasteiger partial charge in [-0.1, -0.05) is 44.6 Å². The van der Waals surface area contributed by atoms with Crippen LogP contribution in [0.3, 0.4) is 0 Å². The van der Waals surface area contributed by atoms with Gasteiger partial charge in [-0.25, -0.2) is 8.78 Å².